The molecule has 0 aliphatic carbocycles. The molecule has 4 aromatic rings. The minimum absolute atomic E-state index is 0.159. The molecule has 0 radical (unpaired) electrons. The van der Waals surface area contributed by atoms with Crippen LogP contribution in [-0.4, -0.2) is 42.4 Å². The Bertz CT molecular complexity index is 1140. The smallest absolute Gasteiger partial charge is 0.339 e. The van der Waals surface area contributed by atoms with Crippen molar-refractivity contribution in [2.75, 3.05) is 31.2 Å². The van der Waals surface area contributed by atoms with Gasteiger partial charge in [0.15, 0.2) is 5.58 Å². The van der Waals surface area contributed by atoms with Crippen molar-refractivity contribution < 1.29 is 23.8 Å². The summed E-state index contributed by atoms with van der Waals surface area (Å²) in [6.07, 6.45) is 1.46. The largest absolute Gasteiger partial charge is 0.494 e. The van der Waals surface area contributed by atoms with Crippen LogP contribution in [0.2, 0.25) is 0 Å². The fourth-order valence-corrected chi connectivity index (χ4v) is 3.47. The van der Waals surface area contributed by atoms with Gasteiger partial charge in [-0.25, -0.2) is 4.79 Å². The number of para-hydroxylation sites is 4. The molecule has 0 aliphatic rings. The van der Waals surface area contributed by atoms with Crippen molar-refractivity contribution in [1.82, 2.24) is 4.98 Å². The predicted molar refractivity (Wildman–Crippen MR) is 126 cm³/mol. The number of nitrogens with zero attached hydrogens (tertiary/aromatic N) is 2. The van der Waals surface area contributed by atoms with Gasteiger partial charge in [0.25, 0.3) is 6.01 Å². The van der Waals surface area contributed by atoms with Crippen LogP contribution < -0.4 is 14.4 Å². The highest BCUT2D eigenvalue weighted by molar-refractivity contribution is 5.90. The van der Waals surface area contributed by atoms with Crippen LogP contribution in [0.15, 0.2) is 83.3 Å². The Morgan fingerprint density at radius 2 is 1.52 bits per heavy atom. The van der Waals surface area contributed by atoms with E-state index in [9.17, 15) is 9.90 Å². The molecule has 0 fully saturated rings. The van der Waals surface area contributed by atoms with E-state index < -0.39 is 5.97 Å². The number of hydrogen-bond acceptors (Lipinski definition) is 6. The number of benzene rings is 3. The summed E-state index contributed by atoms with van der Waals surface area (Å²) in [7, 11) is 0. The van der Waals surface area contributed by atoms with Crippen molar-refractivity contribution in [3.8, 4) is 11.5 Å². The Labute approximate surface area is 192 Å². The quantitative estimate of drug-likeness (QED) is 0.297. The highest BCUT2D eigenvalue weighted by Crippen LogP contribution is 2.23. The molecule has 0 saturated heterocycles. The molecule has 3 aromatic carbocycles. The third kappa shape index (κ3) is 6.04. The van der Waals surface area contributed by atoms with E-state index in [0.29, 0.717) is 44.5 Å². The lowest BCUT2D eigenvalue weighted by Gasteiger charge is -2.21. The van der Waals surface area contributed by atoms with Crippen molar-refractivity contribution in [2.24, 2.45) is 0 Å². The van der Waals surface area contributed by atoms with Crippen molar-refractivity contribution in [2.45, 2.75) is 12.8 Å². The van der Waals surface area contributed by atoms with Gasteiger partial charge in [0.1, 0.15) is 22.6 Å². The van der Waals surface area contributed by atoms with Gasteiger partial charge in [-0.3, -0.25) is 0 Å². The molecular formula is C26H26N2O5. The summed E-state index contributed by atoms with van der Waals surface area (Å²) >= 11 is 0. The Balaban J connectivity index is 1.35. The molecule has 33 heavy (non-hydrogen) atoms. The SMILES string of the molecule is O=C(O)c1ccccc1OCCCN(CCCOc1ccccc1)c1nc2ccccc2o1. The number of aromatic carboxylic acids is 1. The van der Waals surface area contributed by atoms with E-state index in [2.05, 4.69) is 9.88 Å². The first-order chi connectivity index (χ1) is 16.2. The number of carboxylic acids is 1. The fourth-order valence-electron chi connectivity index (χ4n) is 3.47. The Kier molecular flexibility index (Phi) is 7.43. The third-order valence-electron chi connectivity index (χ3n) is 5.08. The first kappa shape index (κ1) is 22.2. The fraction of sp³-hybridized carbons (Fsp3) is 0.231. The molecule has 170 valence electrons. The summed E-state index contributed by atoms with van der Waals surface area (Å²) in [6.45, 7) is 2.30. The normalized spacial score (nSPS) is 10.8. The average molecular weight is 447 g/mol. The molecule has 1 heterocycles. The van der Waals surface area contributed by atoms with E-state index in [0.717, 1.165) is 23.3 Å². The summed E-state index contributed by atoms with van der Waals surface area (Å²) in [4.78, 5) is 18.1. The molecule has 4 rings (SSSR count). The summed E-state index contributed by atoms with van der Waals surface area (Å²) < 4.78 is 17.5. The topological polar surface area (TPSA) is 85.0 Å². The predicted octanol–water partition coefficient (Wildman–Crippen LogP) is 5.27. The maximum Gasteiger partial charge on any atom is 0.339 e. The van der Waals surface area contributed by atoms with Gasteiger partial charge >= 0.3 is 5.97 Å². The van der Waals surface area contributed by atoms with E-state index in [1.54, 1.807) is 18.2 Å². The van der Waals surface area contributed by atoms with E-state index >= 15 is 0 Å². The van der Waals surface area contributed by atoms with Crippen LogP contribution >= 0.6 is 0 Å². The van der Waals surface area contributed by atoms with Gasteiger partial charge in [0.05, 0.1) is 13.2 Å². The summed E-state index contributed by atoms with van der Waals surface area (Å²) in [5.74, 6) is 0.211. The lowest BCUT2D eigenvalue weighted by Crippen LogP contribution is -2.28. The summed E-state index contributed by atoms with van der Waals surface area (Å²) in [6, 6.07) is 24.6. The van der Waals surface area contributed by atoms with Gasteiger partial charge in [-0.15, -0.1) is 0 Å². The molecule has 0 aliphatic heterocycles. The van der Waals surface area contributed by atoms with Crippen LogP contribution in [0.3, 0.4) is 0 Å². The summed E-state index contributed by atoms with van der Waals surface area (Å²) in [5, 5.41) is 9.31. The zero-order chi connectivity index (χ0) is 22.9. The average Bonchev–Trinajstić information content (AvgIpc) is 3.28. The maximum absolute atomic E-state index is 11.4. The number of aromatic nitrogens is 1. The lowest BCUT2D eigenvalue weighted by molar-refractivity contribution is 0.0692. The first-order valence-corrected chi connectivity index (χ1v) is 10.9. The molecule has 7 heteroatoms. The molecule has 1 N–H and O–H groups in total. The number of carboxylic acid groups (broad SMARTS) is 1. The maximum atomic E-state index is 11.4. The van der Waals surface area contributed by atoms with E-state index in [1.165, 1.54) is 6.07 Å². The molecule has 0 saturated carbocycles. The molecule has 0 unspecified atom stereocenters. The van der Waals surface area contributed by atoms with Crippen LogP contribution in [0.1, 0.15) is 23.2 Å². The van der Waals surface area contributed by atoms with Gasteiger partial charge in [0, 0.05) is 13.1 Å². The van der Waals surface area contributed by atoms with Gasteiger partial charge in [-0.2, -0.15) is 4.98 Å². The van der Waals surface area contributed by atoms with Crippen molar-refractivity contribution in [3.63, 3.8) is 0 Å². The molecule has 0 spiro atoms. The van der Waals surface area contributed by atoms with Gasteiger partial charge in [-0.1, -0.05) is 42.5 Å². The first-order valence-electron chi connectivity index (χ1n) is 10.9. The number of carbonyl (C=O) groups is 1. The second-order valence-corrected chi connectivity index (χ2v) is 7.47. The third-order valence-corrected chi connectivity index (χ3v) is 5.08. The van der Waals surface area contributed by atoms with Crippen molar-refractivity contribution >= 4 is 23.1 Å². The minimum Gasteiger partial charge on any atom is -0.494 e. The second-order valence-electron chi connectivity index (χ2n) is 7.47. The van der Waals surface area contributed by atoms with E-state index in [4.69, 9.17) is 13.9 Å². The highest BCUT2D eigenvalue weighted by atomic mass is 16.5. The van der Waals surface area contributed by atoms with Crippen molar-refractivity contribution in [3.05, 3.63) is 84.4 Å². The highest BCUT2D eigenvalue weighted by Gasteiger charge is 2.15. The number of oxazole rings is 1. The number of fused-ring (bicyclic) bond motifs is 1. The standard InChI is InChI=1S/C26H26N2O5/c29-25(30)21-12-4-6-14-23(21)32-19-9-17-28(16-8-18-31-20-10-2-1-3-11-20)26-27-22-13-5-7-15-24(22)33-26/h1-7,10-15H,8-9,16-19H2,(H,29,30). The van der Waals surface area contributed by atoms with Gasteiger partial charge in [0.2, 0.25) is 0 Å². The Morgan fingerprint density at radius 1 is 0.848 bits per heavy atom. The molecule has 1 aromatic heterocycles. The van der Waals surface area contributed by atoms with E-state index in [1.807, 2.05) is 54.6 Å². The zero-order valence-corrected chi connectivity index (χ0v) is 18.2. The Morgan fingerprint density at radius 3 is 2.27 bits per heavy atom. The zero-order valence-electron chi connectivity index (χ0n) is 18.2. The van der Waals surface area contributed by atoms with Crippen LogP contribution in [0.25, 0.3) is 11.1 Å². The van der Waals surface area contributed by atoms with Gasteiger partial charge in [-0.05, 0) is 49.2 Å². The molecule has 7 nitrogen and oxygen atoms in total. The number of ether oxygens (including phenoxy) is 2. The molecule has 0 bridgehead atoms. The minimum atomic E-state index is -1.00. The number of rotatable bonds is 12. The number of hydrogen-bond donors (Lipinski definition) is 1. The molecular weight excluding hydrogens is 420 g/mol. The van der Waals surface area contributed by atoms with Crippen LogP contribution in [0.5, 0.6) is 11.5 Å². The molecule has 0 atom stereocenters. The Hall–Kier alpha value is -4.00. The second kappa shape index (κ2) is 11.0. The summed E-state index contributed by atoms with van der Waals surface area (Å²) in [5.41, 5.74) is 1.71. The van der Waals surface area contributed by atoms with E-state index in [-0.39, 0.29) is 5.56 Å². The van der Waals surface area contributed by atoms with Crippen molar-refractivity contribution in [1.29, 1.82) is 0 Å². The molecule has 0 amide bonds. The van der Waals surface area contributed by atoms with Gasteiger partial charge < -0.3 is 23.9 Å². The van der Waals surface area contributed by atoms with Crippen LogP contribution in [0, 0.1) is 0 Å². The van der Waals surface area contributed by atoms with Crippen LogP contribution in [-0.2, 0) is 0 Å². The monoisotopic (exact) mass is 446 g/mol. The van der Waals surface area contributed by atoms with Crippen LogP contribution in [0.4, 0.5) is 6.01 Å². The lowest BCUT2D eigenvalue weighted by atomic mass is 10.2. The number of anilines is 1.